The van der Waals surface area contributed by atoms with Crippen LogP contribution in [-0.2, 0) is 6.54 Å². The quantitative estimate of drug-likeness (QED) is 0.840. The van der Waals surface area contributed by atoms with Crippen LogP contribution in [0.1, 0.15) is 18.9 Å². The molecular formula is C12H17N3O. The zero-order chi connectivity index (χ0) is 11.4. The molecule has 0 aliphatic rings. The van der Waals surface area contributed by atoms with E-state index in [-0.39, 0.29) is 0 Å². The van der Waals surface area contributed by atoms with Crippen molar-refractivity contribution in [3.63, 3.8) is 0 Å². The van der Waals surface area contributed by atoms with E-state index in [0.717, 1.165) is 30.8 Å². The fraction of sp³-hybridized carbons (Fsp3) is 0.417. The van der Waals surface area contributed by atoms with Crippen LogP contribution in [-0.4, -0.2) is 28.7 Å². The van der Waals surface area contributed by atoms with Crippen molar-refractivity contribution in [3.05, 3.63) is 30.4 Å². The maximum atomic E-state index is 5.08. The predicted octanol–water partition coefficient (Wildman–Crippen LogP) is 2.51. The van der Waals surface area contributed by atoms with Gasteiger partial charge in [-0.05, 0) is 26.1 Å². The molecule has 86 valence electrons. The van der Waals surface area contributed by atoms with Gasteiger partial charge < -0.3 is 9.32 Å². The number of aromatic nitrogens is 2. The van der Waals surface area contributed by atoms with Crippen LogP contribution in [0, 0.1) is 0 Å². The van der Waals surface area contributed by atoms with Crippen molar-refractivity contribution in [3.8, 4) is 11.3 Å². The molecule has 16 heavy (non-hydrogen) atoms. The summed E-state index contributed by atoms with van der Waals surface area (Å²) in [7, 11) is 2.12. The predicted molar refractivity (Wildman–Crippen MR) is 62.9 cm³/mol. The van der Waals surface area contributed by atoms with Crippen molar-refractivity contribution < 1.29 is 4.42 Å². The van der Waals surface area contributed by atoms with Gasteiger partial charge in [-0.1, -0.05) is 6.92 Å². The first-order valence-electron chi connectivity index (χ1n) is 5.55. The summed E-state index contributed by atoms with van der Waals surface area (Å²) < 4.78 is 5.08. The Morgan fingerprint density at radius 1 is 1.50 bits per heavy atom. The average Bonchev–Trinajstić information content (AvgIpc) is 2.86. The van der Waals surface area contributed by atoms with Gasteiger partial charge in [0.05, 0.1) is 18.2 Å². The third kappa shape index (κ3) is 2.33. The third-order valence-corrected chi connectivity index (χ3v) is 2.56. The lowest BCUT2D eigenvalue weighted by atomic mass is 10.1. The number of rotatable bonds is 5. The van der Waals surface area contributed by atoms with E-state index < -0.39 is 0 Å². The van der Waals surface area contributed by atoms with Gasteiger partial charge >= 0.3 is 0 Å². The van der Waals surface area contributed by atoms with Gasteiger partial charge in [0.1, 0.15) is 0 Å². The van der Waals surface area contributed by atoms with E-state index in [1.165, 1.54) is 5.56 Å². The molecule has 0 aliphatic carbocycles. The summed E-state index contributed by atoms with van der Waals surface area (Å²) in [4.78, 5) is 2.29. The first-order valence-corrected chi connectivity index (χ1v) is 5.55. The second-order valence-corrected chi connectivity index (χ2v) is 4.01. The lowest BCUT2D eigenvalue weighted by molar-refractivity contribution is 0.328. The first-order chi connectivity index (χ1) is 7.81. The molecule has 0 atom stereocenters. The van der Waals surface area contributed by atoms with Gasteiger partial charge in [-0.25, -0.2) is 0 Å². The minimum Gasteiger partial charge on any atom is -0.472 e. The molecule has 0 bridgehead atoms. The summed E-state index contributed by atoms with van der Waals surface area (Å²) in [5.41, 5.74) is 3.22. The zero-order valence-corrected chi connectivity index (χ0v) is 9.73. The van der Waals surface area contributed by atoms with Crippen molar-refractivity contribution in [1.82, 2.24) is 15.1 Å². The number of aromatic amines is 1. The topological polar surface area (TPSA) is 45.1 Å². The molecule has 0 spiro atoms. The Labute approximate surface area is 95.3 Å². The number of nitrogens with one attached hydrogen (secondary N) is 1. The van der Waals surface area contributed by atoms with E-state index in [1.807, 2.05) is 12.3 Å². The van der Waals surface area contributed by atoms with Crippen LogP contribution >= 0.6 is 0 Å². The highest BCUT2D eigenvalue weighted by molar-refractivity contribution is 5.60. The summed E-state index contributed by atoms with van der Waals surface area (Å²) in [5, 5.41) is 7.18. The largest absolute Gasteiger partial charge is 0.472 e. The van der Waals surface area contributed by atoms with Gasteiger partial charge in [0.15, 0.2) is 0 Å². The number of hydrogen-bond donors (Lipinski definition) is 1. The van der Waals surface area contributed by atoms with Gasteiger partial charge in [0.25, 0.3) is 0 Å². The lowest BCUT2D eigenvalue weighted by Crippen LogP contribution is -2.18. The Bertz CT molecular complexity index is 419. The van der Waals surface area contributed by atoms with E-state index in [4.69, 9.17) is 4.42 Å². The van der Waals surface area contributed by atoms with Crippen LogP contribution in [0.15, 0.2) is 29.2 Å². The second-order valence-electron chi connectivity index (χ2n) is 4.01. The summed E-state index contributed by atoms with van der Waals surface area (Å²) >= 11 is 0. The molecule has 1 N–H and O–H groups in total. The Morgan fingerprint density at radius 2 is 2.38 bits per heavy atom. The number of H-pyrrole nitrogens is 1. The third-order valence-electron chi connectivity index (χ3n) is 2.56. The summed E-state index contributed by atoms with van der Waals surface area (Å²) in [6, 6.07) is 1.93. The van der Waals surface area contributed by atoms with E-state index in [0.29, 0.717) is 0 Å². The molecule has 4 nitrogen and oxygen atoms in total. The Morgan fingerprint density at radius 3 is 3.06 bits per heavy atom. The van der Waals surface area contributed by atoms with Crippen LogP contribution in [0.5, 0.6) is 0 Å². The molecule has 2 aromatic heterocycles. The minimum absolute atomic E-state index is 0.908. The zero-order valence-electron chi connectivity index (χ0n) is 9.73. The highest BCUT2D eigenvalue weighted by Crippen LogP contribution is 2.22. The van der Waals surface area contributed by atoms with Crippen LogP contribution in [0.25, 0.3) is 11.3 Å². The molecular weight excluding hydrogens is 202 g/mol. The fourth-order valence-corrected chi connectivity index (χ4v) is 1.84. The second kappa shape index (κ2) is 4.99. The SMILES string of the molecule is CCCN(C)Cc1c[nH]nc1-c1ccoc1. The molecule has 0 aromatic carbocycles. The van der Waals surface area contributed by atoms with Crippen LogP contribution in [0.2, 0.25) is 0 Å². The summed E-state index contributed by atoms with van der Waals surface area (Å²) in [6.45, 7) is 4.18. The molecule has 0 saturated heterocycles. The molecule has 2 heterocycles. The van der Waals surface area contributed by atoms with Crippen LogP contribution in [0.4, 0.5) is 0 Å². The normalized spacial score (nSPS) is 11.2. The van der Waals surface area contributed by atoms with E-state index >= 15 is 0 Å². The van der Waals surface area contributed by atoms with E-state index in [2.05, 4.69) is 29.1 Å². The number of furan rings is 1. The Balaban J connectivity index is 2.14. The molecule has 0 amide bonds. The van der Waals surface area contributed by atoms with Crippen molar-refractivity contribution in [2.45, 2.75) is 19.9 Å². The van der Waals surface area contributed by atoms with Crippen LogP contribution in [0.3, 0.4) is 0 Å². The number of hydrogen-bond acceptors (Lipinski definition) is 3. The standard InChI is InChI=1S/C12H17N3O/c1-3-5-15(2)8-11-7-13-14-12(11)10-4-6-16-9-10/h4,6-7,9H,3,5,8H2,1-2H3,(H,13,14). The van der Waals surface area contributed by atoms with Crippen molar-refractivity contribution >= 4 is 0 Å². The average molecular weight is 219 g/mol. The molecule has 2 aromatic rings. The van der Waals surface area contributed by atoms with Crippen LogP contribution < -0.4 is 0 Å². The smallest absolute Gasteiger partial charge is 0.0997 e. The highest BCUT2D eigenvalue weighted by Gasteiger charge is 2.10. The minimum atomic E-state index is 0.908. The van der Waals surface area contributed by atoms with E-state index in [9.17, 15) is 0 Å². The molecule has 0 fully saturated rings. The van der Waals surface area contributed by atoms with Gasteiger partial charge in [-0.2, -0.15) is 5.10 Å². The monoisotopic (exact) mass is 219 g/mol. The van der Waals surface area contributed by atoms with Gasteiger partial charge in [-0.15, -0.1) is 0 Å². The molecule has 0 aliphatic heterocycles. The van der Waals surface area contributed by atoms with Gasteiger partial charge in [0, 0.05) is 23.9 Å². The number of nitrogens with zero attached hydrogens (tertiary/aromatic N) is 2. The molecule has 0 unspecified atom stereocenters. The van der Waals surface area contributed by atoms with Crippen molar-refractivity contribution in [2.75, 3.05) is 13.6 Å². The molecule has 2 rings (SSSR count). The summed E-state index contributed by atoms with van der Waals surface area (Å²) in [6.07, 6.45) is 6.51. The van der Waals surface area contributed by atoms with E-state index in [1.54, 1.807) is 12.5 Å². The lowest BCUT2D eigenvalue weighted by Gasteiger charge is -2.14. The molecule has 0 radical (unpaired) electrons. The maximum Gasteiger partial charge on any atom is 0.0997 e. The Hall–Kier alpha value is -1.55. The maximum absolute atomic E-state index is 5.08. The molecule has 0 saturated carbocycles. The summed E-state index contributed by atoms with van der Waals surface area (Å²) in [5.74, 6) is 0. The van der Waals surface area contributed by atoms with Crippen molar-refractivity contribution in [2.24, 2.45) is 0 Å². The molecule has 4 heteroatoms. The highest BCUT2D eigenvalue weighted by atomic mass is 16.3. The Kier molecular flexibility index (Phi) is 3.41. The fourth-order valence-electron chi connectivity index (χ4n) is 1.84. The van der Waals surface area contributed by atoms with Gasteiger partial charge in [0.2, 0.25) is 0 Å². The first kappa shape index (κ1) is 11.0. The van der Waals surface area contributed by atoms with Gasteiger partial charge in [-0.3, -0.25) is 5.10 Å². The van der Waals surface area contributed by atoms with Crippen molar-refractivity contribution in [1.29, 1.82) is 0 Å².